The topological polar surface area (TPSA) is 139 Å². The smallest absolute Gasteiger partial charge is 0.417 e. The number of cyclic esters (lactones) is 1. The molecule has 12 nitrogen and oxygen atoms in total. The van der Waals surface area contributed by atoms with Gasteiger partial charge < -0.3 is 38.3 Å². The molecule has 3 aromatic carbocycles. The van der Waals surface area contributed by atoms with E-state index in [4.69, 9.17) is 33.2 Å². The first kappa shape index (κ1) is 42.9. The normalized spacial score (nSPS) is 26.8. The van der Waals surface area contributed by atoms with Gasteiger partial charge in [-0.05, 0) is 67.5 Å². The van der Waals surface area contributed by atoms with Gasteiger partial charge in [-0.2, -0.15) is 0 Å². The average molecular weight is 798 g/mol. The van der Waals surface area contributed by atoms with Crippen LogP contribution in [0.25, 0.3) is 0 Å². The van der Waals surface area contributed by atoms with Gasteiger partial charge in [0.05, 0.1) is 38.4 Å². The van der Waals surface area contributed by atoms with E-state index >= 15 is 0 Å². The van der Waals surface area contributed by atoms with Crippen LogP contribution in [0.15, 0.2) is 115 Å². The van der Waals surface area contributed by atoms with Crippen molar-refractivity contribution < 1.29 is 52.6 Å². The fourth-order valence-corrected chi connectivity index (χ4v) is 8.08. The lowest BCUT2D eigenvalue weighted by molar-refractivity contribution is -0.319. The largest absolute Gasteiger partial charge is 0.482 e. The third-order valence-electron chi connectivity index (χ3n) is 10.7. The second kappa shape index (κ2) is 19.8. The fraction of sp³-hybridized carbons (Fsp3) is 0.457. The highest BCUT2D eigenvalue weighted by Crippen LogP contribution is 2.37. The monoisotopic (exact) mass is 797 g/mol. The number of hydrogen-bond acceptors (Lipinski definition) is 11. The van der Waals surface area contributed by atoms with Crippen molar-refractivity contribution in [3.8, 4) is 0 Å². The molecule has 2 saturated heterocycles. The van der Waals surface area contributed by atoms with Crippen LogP contribution in [0.2, 0.25) is 0 Å². The standard InChI is InChI=1S/C46H55NO11/c1-30(2)42-46(3,4)58-45(51)47(42)43(50)35(26-31-16-9-6-10-17-31)38-36(49)24-23-34(56-38)22-15-25-53-41-40(55-29-33-20-13-8-14-21-33)39(37(27-48)57-44(41)52-5)54-28-32-18-11-7-12-19-32/h6-14,16-24,30,35,37-42,44,48H,15,25-29H2,1-5H3/t35-,37+,38-,39+,40-,41-,42-,44-/m0/s1. The van der Waals surface area contributed by atoms with Gasteiger partial charge in [-0.25, -0.2) is 9.69 Å². The molecule has 0 saturated carbocycles. The Kier molecular flexibility index (Phi) is 14.7. The molecule has 3 heterocycles. The molecule has 2 fully saturated rings. The number of rotatable bonds is 17. The van der Waals surface area contributed by atoms with Gasteiger partial charge in [0.2, 0.25) is 5.91 Å². The summed E-state index contributed by atoms with van der Waals surface area (Å²) in [6, 6.07) is 28.3. The van der Waals surface area contributed by atoms with Gasteiger partial charge in [0, 0.05) is 7.11 Å². The first-order valence-corrected chi connectivity index (χ1v) is 19.9. The van der Waals surface area contributed by atoms with E-state index in [0.29, 0.717) is 12.2 Å². The lowest BCUT2D eigenvalue weighted by Gasteiger charge is -2.45. The molecule has 0 spiro atoms. The second-order valence-corrected chi connectivity index (χ2v) is 15.7. The van der Waals surface area contributed by atoms with Gasteiger partial charge >= 0.3 is 6.09 Å². The number of amides is 2. The Balaban J connectivity index is 1.19. The molecule has 6 rings (SSSR count). The molecular formula is C46H55NO11. The number of carbonyl (C=O) groups excluding carboxylic acids is 3. The number of benzene rings is 3. The van der Waals surface area contributed by atoms with E-state index in [9.17, 15) is 19.5 Å². The van der Waals surface area contributed by atoms with E-state index in [1.54, 1.807) is 26.0 Å². The summed E-state index contributed by atoms with van der Waals surface area (Å²) in [7, 11) is 1.51. The first-order valence-electron chi connectivity index (χ1n) is 19.9. The van der Waals surface area contributed by atoms with E-state index in [1.165, 1.54) is 18.1 Å². The Bertz CT molecular complexity index is 1870. The third kappa shape index (κ3) is 10.3. The zero-order valence-electron chi connectivity index (χ0n) is 33.8. The molecule has 3 aromatic rings. The van der Waals surface area contributed by atoms with Crippen molar-refractivity contribution >= 4 is 17.8 Å². The zero-order chi connectivity index (χ0) is 41.2. The minimum Gasteiger partial charge on any atom is -0.482 e. The van der Waals surface area contributed by atoms with E-state index in [0.717, 1.165) is 16.7 Å². The summed E-state index contributed by atoms with van der Waals surface area (Å²) >= 11 is 0. The molecule has 58 heavy (non-hydrogen) atoms. The number of ether oxygens (including phenoxy) is 7. The predicted octanol–water partition coefficient (Wildman–Crippen LogP) is 6.35. The van der Waals surface area contributed by atoms with Gasteiger partial charge in [-0.15, -0.1) is 0 Å². The van der Waals surface area contributed by atoms with Crippen molar-refractivity contribution in [2.45, 2.75) is 102 Å². The molecule has 0 radical (unpaired) electrons. The molecule has 8 atom stereocenters. The van der Waals surface area contributed by atoms with Gasteiger partial charge in [0.25, 0.3) is 0 Å². The van der Waals surface area contributed by atoms with Crippen molar-refractivity contribution in [2.24, 2.45) is 11.8 Å². The van der Waals surface area contributed by atoms with Gasteiger partial charge in [-0.3, -0.25) is 9.59 Å². The minimum atomic E-state index is -1.19. The number of carbonyl (C=O) groups is 3. The van der Waals surface area contributed by atoms with Crippen molar-refractivity contribution in [1.29, 1.82) is 0 Å². The lowest BCUT2D eigenvalue weighted by Crippen LogP contribution is -2.61. The number of allylic oxidation sites excluding steroid dienone is 1. The molecule has 2 amide bonds. The molecule has 0 aliphatic carbocycles. The third-order valence-corrected chi connectivity index (χ3v) is 10.7. The van der Waals surface area contributed by atoms with E-state index in [1.807, 2.05) is 105 Å². The molecule has 0 unspecified atom stereocenters. The van der Waals surface area contributed by atoms with Crippen LogP contribution in [-0.2, 0) is 62.4 Å². The highest BCUT2D eigenvalue weighted by atomic mass is 16.7. The van der Waals surface area contributed by atoms with E-state index in [2.05, 4.69) is 0 Å². The highest BCUT2D eigenvalue weighted by Gasteiger charge is 2.54. The summed E-state index contributed by atoms with van der Waals surface area (Å²) in [4.78, 5) is 42.4. The molecule has 3 aliphatic rings. The number of nitrogens with zero attached hydrogens (tertiary/aromatic N) is 1. The second-order valence-electron chi connectivity index (χ2n) is 15.7. The van der Waals surface area contributed by atoms with E-state index < -0.39 is 66.4 Å². The van der Waals surface area contributed by atoms with Crippen LogP contribution >= 0.6 is 0 Å². The zero-order valence-corrected chi connectivity index (χ0v) is 33.8. The Morgan fingerprint density at radius 2 is 1.41 bits per heavy atom. The number of ketones is 1. The number of hydrogen-bond donors (Lipinski definition) is 1. The van der Waals surface area contributed by atoms with Gasteiger partial charge in [0.15, 0.2) is 18.2 Å². The maximum atomic E-state index is 14.5. The minimum absolute atomic E-state index is 0.100. The Hall–Kier alpha value is -4.69. The maximum Gasteiger partial charge on any atom is 0.417 e. The van der Waals surface area contributed by atoms with Crippen molar-refractivity contribution in [1.82, 2.24) is 4.90 Å². The van der Waals surface area contributed by atoms with Gasteiger partial charge in [0.1, 0.15) is 35.8 Å². The average Bonchev–Trinajstić information content (AvgIpc) is 3.49. The maximum absolute atomic E-state index is 14.5. The van der Waals surface area contributed by atoms with Crippen LogP contribution in [0.4, 0.5) is 4.79 Å². The summed E-state index contributed by atoms with van der Waals surface area (Å²) in [6.45, 7) is 7.82. The number of aliphatic hydroxyl groups excluding tert-OH is 1. The fourth-order valence-electron chi connectivity index (χ4n) is 8.08. The summed E-state index contributed by atoms with van der Waals surface area (Å²) in [5.74, 6) is -1.63. The van der Waals surface area contributed by atoms with Gasteiger partial charge in [-0.1, -0.05) is 105 Å². The first-order chi connectivity index (χ1) is 28.0. The summed E-state index contributed by atoms with van der Waals surface area (Å²) in [6.07, 6.45) is -0.413. The summed E-state index contributed by atoms with van der Waals surface area (Å²) < 4.78 is 43.3. The van der Waals surface area contributed by atoms with Crippen molar-refractivity contribution in [3.05, 3.63) is 132 Å². The number of aliphatic hydroxyl groups is 1. The molecule has 310 valence electrons. The van der Waals surface area contributed by atoms with Crippen LogP contribution in [0.5, 0.6) is 0 Å². The lowest BCUT2D eigenvalue weighted by atomic mass is 9.85. The molecule has 3 aliphatic heterocycles. The van der Waals surface area contributed by atoms with Crippen LogP contribution < -0.4 is 0 Å². The highest BCUT2D eigenvalue weighted by molar-refractivity contribution is 6.02. The number of methoxy groups -OCH3 is 1. The van der Waals surface area contributed by atoms with Crippen LogP contribution in [0.1, 0.15) is 50.8 Å². The molecular weight excluding hydrogens is 743 g/mol. The van der Waals surface area contributed by atoms with Crippen molar-refractivity contribution in [3.63, 3.8) is 0 Å². The SMILES string of the molecule is CO[C@H]1O[C@H](CO)[C@@H](OCc2ccccc2)[C@H](OCc2ccccc2)[C@@H]1OCCC=C1C=CC(=O)[C@H]([C@H](Cc2ccccc2)C(=O)N2C(=O)OC(C)(C)[C@@H]2C(C)C)O1. The predicted molar refractivity (Wildman–Crippen MR) is 214 cm³/mol. The Morgan fingerprint density at radius 1 is 0.828 bits per heavy atom. The van der Waals surface area contributed by atoms with Crippen LogP contribution in [0, 0.1) is 11.8 Å². The summed E-state index contributed by atoms with van der Waals surface area (Å²) in [5.41, 5.74) is 1.81. The molecule has 1 N–H and O–H groups in total. The van der Waals surface area contributed by atoms with Crippen molar-refractivity contribution in [2.75, 3.05) is 20.3 Å². The Labute approximate surface area is 340 Å². The van der Waals surface area contributed by atoms with Crippen LogP contribution in [0.3, 0.4) is 0 Å². The molecule has 12 heteroatoms. The number of imide groups is 1. The Morgan fingerprint density at radius 3 is 1.98 bits per heavy atom. The summed E-state index contributed by atoms with van der Waals surface area (Å²) in [5, 5.41) is 10.4. The molecule has 0 aromatic heterocycles. The van der Waals surface area contributed by atoms with Crippen LogP contribution in [-0.4, -0.2) is 96.6 Å². The quantitative estimate of drug-likeness (QED) is 0.153. The molecule has 0 bridgehead atoms. The van der Waals surface area contributed by atoms with E-state index in [-0.39, 0.29) is 44.5 Å².